The summed E-state index contributed by atoms with van der Waals surface area (Å²) in [5, 5.41) is 14.6. The minimum absolute atomic E-state index is 0.00816. The third kappa shape index (κ3) is 5.06. The van der Waals surface area contributed by atoms with Crippen LogP contribution in [0.25, 0.3) is 17.1 Å². The molecule has 2 aromatic carbocycles. The van der Waals surface area contributed by atoms with E-state index in [2.05, 4.69) is 65.8 Å². The number of benzene rings is 2. The summed E-state index contributed by atoms with van der Waals surface area (Å²) in [6, 6.07) is 20.5. The molecule has 1 unspecified atom stereocenters. The summed E-state index contributed by atoms with van der Waals surface area (Å²) in [5.74, 6) is 1.01. The molecule has 1 atom stereocenters. The third-order valence-electron chi connectivity index (χ3n) is 4.92. The lowest BCUT2D eigenvalue weighted by Gasteiger charge is -2.13. The fourth-order valence-electron chi connectivity index (χ4n) is 3.20. The predicted molar refractivity (Wildman–Crippen MR) is 128 cm³/mol. The molecular formula is C24H24N4OS2. The van der Waals surface area contributed by atoms with E-state index in [-0.39, 0.29) is 17.7 Å². The van der Waals surface area contributed by atoms with E-state index in [4.69, 9.17) is 0 Å². The lowest BCUT2D eigenvalue weighted by molar-refractivity contribution is -0.119. The maximum atomic E-state index is 12.5. The number of aryl methyl sites for hydroxylation is 2. The van der Waals surface area contributed by atoms with Gasteiger partial charge in [0.05, 0.1) is 11.8 Å². The Morgan fingerprint density at radius 1 is 1.03 bits per heavy atom. The zero-order valence-electron chi connectivity index (χ0n) is 17.7. The molecule has 2 heterocycles. The Kier molecular flexibility index (Phi) is 6.53. The quantitative estimate of drug-likeness (QED) is 0.375. The Labute approximate surface area is 190 Å². The number of amides is 1. The molecule has 7 heteroatoms. The van der Waals surface area contributed by atoms with Crippen molar-refractivity contribution in [2.75, 3.05) is 5.75 Å². The van der Waals surface area contributed by atoms with Gasteiger partial charge >= 0.3 is 0 Å². The van der Waals surface area contributed by atoms with Gasteiger partial charge in [0.1, 0.15) is 0 Å². The normalized spacial score (nSPS) is 12.0. The van der Waals surface area contributed by atoms with Gasteiger partial charge in [0, 0.05) is 16.1 Å². The molecule has 158 valence electrons. The minimum atomic E-state index is -0.0266. The lowest BCUT2D eigenvalue weighted by atomic mass is 10.1. The van der Waals surface area contributed by atoms with Gasteiger partial charge in [0.2, 0.25) is 5.91 Å². The largest absolute Gasteiger partial charge is 0.348 e. The van der Waals surface area contributed by atoms with Crippen LogP contribution in [0.4, 0.5) is 0 Å². The van der Waals surface area contributed by atoms with E-state index in [0.717, 1.165) is 22.0 Å². The second-order valence-corrected chi connectivity index (χ2v) is 9.36. The van der Waals surface area contributed by atoms with Crippen LogP contribution < -0.4 is 5.32 Å². The van der Waals surface area contributed by atoms with Crippen LogP contribution in [0.2, 0.25) is 0 Å². The van der Waals surface area contributed by atoms with Gasteiger partial charge in [-0.25, -0.2) is 0 Å². The van der Waals surface area contributed by atoms with Crippen LogP contribution in [0.5, 0.6) is 0 Å². The zero-order chi connectivity index (χ0) is 21.8. The summed E-state index contributed by atoms with van der Waals surface area (Å²) >= 11 is 3.04. The first-order chi connectivity index (χ1) is 15.0. The molecular weight excluding hydrogens is 424 g/mol. The highest BCUT2D eigenvalue weighted by Crippen LogP contribution is 2.28. The monoisotopic (exact) mass is 448 g/mol. The fourth-order valence-corrected chi connectivity index (χ4v) is 4.70. The van der Waals surface area contributed by atoms with Gasteiger partial charge in [-0.3, -0.25) is 9.36 Å². The maximum Gasteiger partial charge on any atom is 0.230 e. The zero-order valence-corrected chi connectivity index (χ0v) is 19.3. The summed E-state index contributed by atoms with van der Waals surface area (Å²) < 4.78 is 2.02. The Morgan fingerprint density at radius 2 is 1.71 bits per heavy atom. The Bertz CT molecular complexity index is 1150. The van der Waals surface area contributed by atoms with E-state index in [0.29, 0.717) is 5.16 Å². The van der Waals surface area contributed by atoms with Gasteiger partial charge in [-0.05, 0) is 44.4 Å². The summed E-state index contributed by atoms with van der Waals surface area (Å²) in [6.07, 6.45) is 0. The van der Waals surface area contributed by atoms with Crippen molar-refractivity contribution in [3.63, 3.8) is 0 Å². The van der Waals surface area contributed by atoms with Crippen molar-refractivity contribution in [3.05, 3.63) is 82.0 Å². The Hall–Kier alpha value is -2.90. The number of hydrogen-bond donors (Lipinski definition) is 1. The number of aromatic nitrogens is 3. The van der Waals surface area contributed by atoms with Gasteiger partial charge in [-0.1, -0.05) is 65.4 Å². The molecule has 0 aliphatic rings. The van der Waals surface area contributed by atoms with Crippen molar-refractivity contribution in [2.45, 2.75) is 32.0 Å². The molecule has 0 bridgehead atoms. The summed E-state index contributed by atoms with van der Waals surface area (Å²) in [4.78, 5) is 13.7. The summed E-state index contributed by atoms with van der Waals surface area (Å²) in [5.41, 5.74) is 4.34. The van der Waals surface area contributed by atoms with Crippen molar-refractivity contribution < 1.29 is 4.79 Å². The van der Waals surface area contributed by atoms with E-state index >= 15 is 0 Å². The number of carbonyl (C=O) groups excluding carboxylic acids is 1. The van der Waals surface area contributed by atoms with Gasteiger partial charge in [-0.15, -0.1) is 21.5 Å². The van der Waals surface area contributed by atoms with Crippen LogP contribution in [0.15, 0.2) is 71.2 Å². The molecule has 31 heavy (non-hydrogen) atoms. The first-order valence-electron chi connectivity index (χ1n) is 10.1. The highest BCUT2D eigenvalue weighted by Gasteiger charge is 2.18. The molecule has 2 aromatic heterocycles. The van der Waals surface area contributed by atoms with Crippen molar-refractivity contribution in [1.29, 1.82) is 0 Å². The SMILES string of the molecule is Cc1ccc(-c2nnc(SCC(=O)NC(C)c3cccs3)n2-c2ccc(C)cc2)cc1. The number of thiophene rings is 1. The van der Waals surface area contributed by atoms with Crippen molar-refractivity contribution >= 4 is 29.0 Å². The predicted octanol–water partition coefficient (Wildman–Crippen LogP) is 5.58. The van der Waals surface area contributed by atoms with E-state index in [1.807, 2.05) is 41.1 Å². The number of nitrogens with one attached hydrogen (secondary N) is 1. The first kappa shape index (κ1) is 21.3. The summed E-state index contributed by atoms with van der Waals surface area (Å²) in [6.45, 7) is 6.12. The summed E-state index contributed by atoms with van der Waals surface area (Å²) in [7, 11) is 0. The van der Waals surface area contributed by atoms with Crippen LogP contribution in [0, 0.1) is 13.8 Å². The highest BCUT2D eigenvalue weighted by atomic mass is 32.2. The topological polar surface area (TPSA) is 59.8 Å². The number of hydrogen-bond acceptors (Lipinski definition) is 5. The molecule has 0 saturated carbocycles. The van der Waals surface area contributed by atoms with Crippen LogP contribution in [0.1, 0.15) is 29.0 Å². The van der Waals surface area contributed by atoms with E-state index < -0.39 is 0 Å². The molecule has 5 nitrogen and oxygen atoms in total. The fraction of sp³-hybridized carbons (Fsp3) is 0.208. The van der Waals surface area contributed by atoms with E-state index in [9.17, 15) is 4.79 Å². The van der Waals surface area contributed by atoms with Crippen LogP contribution in [0.3, 0.4) is 0 Å². The number of thioether (sulfide) groups is 1. The minimum Gasteiger partial charge on any atom is -0.348 e. The Balaban J connectivity index is 1.57. The molecule has 0 radical (unpaired) electrons. The molecule has 0 aliphatic carbocycles. The lowest BCUT2D eigenvalue weighted by Crippen LogP contribution is -2.27. The van der Waals surface area contributed by atoms with Crippen LogP contribution in [-0.2, 0) is 4.79 Å². The smallest absolute Gasteiger partial charge is 0.230 e. The van der Waals surface area contributed by atoms with Gasteiger partial charge in [0.15, 0.2) is 11.0 Å². The van der Waals surface area contributed by atoms with E-state index in [1.165, 1.54) is 22.9 Å². The standard InChI is InChI=1S/C24H24N4OS2/c1-16-6-10-19(11-7-16)23-26-27-24(28(23)20-12-8-17(2)9-13-20)31-15-22(29)25-18(3)21-5-4-14-30-21/h4-14,18H,15H2,1-3H3,(H,25,29). The number of nitrogens with zero attached hydrogens (tertiary/aromatic N) is 3. The van der Waals surface area contributed by atoms with Gasteiger partial charge < -0.3 is 5.32 Å². The molecule has 0 aliphatic heterocycles. The van der Waals surface area contributed by atoms with Gasteiger partial charge in [0.25, 0.3) is 0 Å². The van der Waals surface area contributed by atoms with Crippen molar-refractivity contribution in [3.8, 4) is 17.1 Å². The van der Waals surface area contributed by atoms with E-state index in [1.54, 1.807) is 11.3 Å². The van der Waals surface area contributed by atoms with Gasteiger partial charge in [-0.2, -0.15) is 0 Å². The molecule has 4 rings (SSSR count). The second kappa shape index (κ2) is 9.49. The molecule has 0 fully saturated rings. The third-order valence-corrected chi connectivity index (χ3v) is 6.90. The maximum absolute atomic E-state index is 12.5. The van der Waals surface area contributed by atoms with Crippen molar-refractivity contribution in [1.82, 2.24) is 20.1 Å². The molecule has 1 amide bonds. The molecule has 0 spiro atoms. The molecule has 1 N–H and O–H groups in total. The average molecular weight is 449 g/mol. The molecule has 0 saturated heterocycles. The van der Waals surface area contributed by atoms with Crippen LogP contribution in [-0.4, -0.2) is 26.4 Å². The Morgan fingerprint density at radius 3 is 2.35 bits per heavy atom. The van der Waals surface area contributed by atoms with Crippen LogP contribution >= 0.6 is 23.1 Å². The first-order valence-corrected chi connectivity index (χ1v) is 11.9. The number of rotatable bonds is 7. The average Bonchev–Trinajstić information content (AvgIpc) is 3.44. The highest BCUT2D eigenvalue weighted by molar-refractivity contribution is 7.99. The van der Waals surface area contributed by atoms with Crippen molar-refractivity contribution in [2.24, 2.45) is 0 Å². The second-order valence-electron chi connectivity index (χ2n) is 7.44. The number of carbonyl (C=O) groups is 1. The molecule has 4 aromatic rings.